The van der Waals surface area contributed by atoms with E-state index in [1.54, 1.807) is 11.1 Å². The number of imidazole rings is 1. The number of aromatic hydroxyl groups is 1. The topological polar surface area (TPSA) is 144 Å². The molecular formula is C29H35N9O3. The zero-order valence-electron chi connectivity index (χ0n) is 23.5. The van der Waals surface area contributed by atoms with Gasteiger partial charge in [-0.1, -0.05) is 6.07 Å². The number of nitrogens with one attached hydrogen (secondary N) is 3. The molecule has 1 aromatic carbocycles. The Kier molecular flexibility index (Phi) is 7.08. The summed E-state index contributed by atoms with van der Waals surface area (Å²) in [6, 6.07) is 10.1. The van der Waals surface area contributed by atoms with Gasteiger partial charge in [-0.15, -0.1) is 0 Å². The molecule has 4 N–H and O–H groups in total. The predicted octanol–water partition coefficient (Wildman–Crippen LogP) is 4.49. The Labute approximate surface area is 238 Å². The maximum Gasteiger partial charge on any atom is 0.410 e. The number of carbonyl (C=O) groups is 1. The maximum atomic E-state index is 12.4. The lowest BCUT2D eigenvalue weighted by Crippen LogP contribution is -2.49. The van der Waals surface area contributed by atoms with Crippen LogP contribution in [0.2, 0.25) is 0 Å². The van der Waals surface area contributed by atoms with Crippen molar-refractivity contribution in [1.29, 1.82) is 0 Å². The van der Waals surface area contributed by atoms with Crippen molar-refractivity contribution in [3.8, 4) is 17.0 Å². The lowest BCUT2D eigenvalue weighted by atomic mass is 10.1. The largest absolute Gasteiger partial charge is 0.503 e. The van der Waals surface area contributed by atoms with Crippen LogP contribution in [0.1, 0.15) is 39.2 Å². The van der Waals surface area contributed by atoms with Crippen molar-refractivity contribution in [2.24, 2.45) is 0 Å². The summed E-state index contributed by atoms with van der Waals surface area (Å²) in [5, 5.41) is 17.3. The molecule has 1 aliphatic carbocycles. The molecule has 12 heteroatoms. The van der Waals surface area contributed by atoms with Gasteiger partial charge in [-0.3, -0.25) is 4.90 Å². The Balaban J connectivity index is 1.10. The molecule has 6 rings (SSSR count). The van der Waals surface area contributed by atoms with Crippen molar-refractivity contribution in [3.63, 3.8) is 0 Å². The van der Waals surface area contributed by atoms with E-state index in [2.05, 4.69) is 40.5 Å². The summed E-state index contributed by atoms with van der Waals surface area (Å²) in [7, 11) is 0. The molecule has 4 aromatic rings. The van der Waals surface area contributed by atoms with Gasteiger partial charge in [0.15, 0.2) is 11.6 Å². The van der Waals surface area contributed by atoms with Gasteiger partial charge in [-0.2, -0.15) is 0 Å². The lowest BCUT2D eigenvalue weighted by Gasteiger charge is -2.35. The molecule has 1 amide bonds. The Morgan fingerprint density at radius 2 is 1.90 bits per heavy atom. The molecule has 1 saturated carbocycles. The van der Waals surface area contributed by atoms with Crippen LogP contribution in [0.4, 0.5) is 22.4 Å². The third-order valence-corrected chi connectivity index (χ3v) is 7.00. The highest BCUT2D eigenvalue weighted by molar-refractivity contribution is 5.85. The average molecular weight is 558 g/mol. The molecule has 2 aliphatic rings. The van der Waals surface area contributed by atoms with E-state index < -0.39 is 5.60 Å². The first-order chi connectivity index (χ1) is 19.7. The molecule has 1 aliphatic heterocycles. The number of ether oxygens (including phenoxy) is 1. The second-order valence-electron chi connectivity index (χ2n) is 11.6. The van der Waals surface area contributed by atoms with Crippen LogP contribution in [0.3, 0.4) is 0 Å². The molecule has 4 heterocycles. The summed E-state index contributed by atoms with van der Waals surface area (Å²) >= 11 is 0. The van der Waals surface area contributed by atoms with Crippen molar-refractivity contribution in [2.45, 2.75) is 51.8 Å². The van der Waals surface area contributed by atoms with Gasteiger partial charge in [0.1, 0.15) is 23.4 Å². The summed E-state index contributed by atoms with van der Waals surface area (Å²) in [5.41, 5.74) is 3.43. The quantitative estimate of drug-likeness (QED) is 0.256. The highest BCUT2D eigenvalue weighted by Crippen LogP contribution is 2.35. The number of rotatable bonds is 7. The van der Waals surface area contributed by atoms with Crippen LogP contribution in [0.5, 0.6) is 5.75 Å². The summed E-state index contributed by atoms with van der Waals surface area (Å²) in [4.78, 5) is 37.4. The molecule has 2 fully saturated rings. The number of amides is 1. The lowest BCUT2D eigenvalue weighted by molar-refractivity contribution is 0.0139. The molecule has 1 saturated heterocycles. The third kappa shape index (κ3) is 6.49. The third-order valence-electron chi connectivity index (χ3n) is 7.00. The smallest absolute Gasteiger partial charge is 0.410 e. The fourth-order valence-electron chi connectivity index (χ4n) is 4.77. The number of anilines is 3. The number of piperazine rings is 1. The Morgan fingerprint density at radius 1 is 1.10 bits per heavy atom. The summed E-state index contributed by atoms with van der Waals surface area (Å²) < 4.78 is 5.50. The number of hydrogen-bond acceptors (Lipinski definition) is 10. The number of benzene rings is 1. The Morgan fingerprint density at radius 3 is 2.66 bits per heavy atom. The Bertz CT molecular complexity index is 1550. The minimum Gasteiger partial charge on any atom is -0.503 e. The fraction of sp³-hybridized carbons (Fsp3) is 0.414. The van der Waals surface area contributed by atoms with E-state index in [0.717, 1.165) is 54.6 Å². The summed E-state index contributed by atoms with van der Waals surface area (Å²) in [5.74, 6) is 1.75. The molecule has 0 atom stereocenters. The van der Waals surface area contributed by atoms with Crippen LogP contribution in [-0.4, -0.2) is 83.7 Å². The van der Waals surface area contributed by atoms with Gasteiger partial charge in [0.2, 0.25) is 5.95 Å². The van der Waals surface area contributed by atoms with Crippen LogP contribution in [0.25, 0.3) is 22.3 Å². The number of aromatic nitrogens is 5. The zero-order valence-corrected chi connectivity index (χ0v) is 23.5. The van der Waals surface area contributed by atoms with Crippen molar-refractivity contribution in [2.75, 3.05) is 36.8 Å². The number of fused-ring (bicyclic) bond motifs is 1. The molecule has 214 valence electrons. The van der Waals surface area contributed by atoms with E-state index in [1.165, 1.54) is 6.33 Å². The second kappa shape index (κ2) is 10.8. The predicted molar refractivity (Wildman–Crippen MR) is 156 cm³/mol. The van der Waals surface area contributed by atoms with E-state index in [-0.39, 0.29) is 11.8 Å². The van der Waals surface area contributed by atoms with Gasteiger partial charge in [0.05, 0.1) is 11.0 Å². The first-order valence-corrected chi connectivity index (χ1v) is 13.9. The molecule has 0 unspecified atom stereocenters. The van der Waals surface area contributed by atoms with E-state index in [0.29, 0.717) is 42.4 Å². The summed E-state index contributed by atoms with van der Waals surface area (Å²) in [6.07, 6.45) is 5.15. The molecule has 0 spiro atoms. The number of pyridine rings is 1. The Hall–Kier alpha value is -4.45. The molecule has 0 radical (unpaired) electrons. The monoisotopic (exact) mass is 557 g/mol. The SMILES string of the molecule is CC(C)(C)OC(=O)N1CCN(Cc2ccnc(Nc3nc4ccc(-c5ncnc(NC6CC6)c5O)cc4[nH]3)c2)CC1. The van der Waals surface area contributed by atoms with E-state index in [9.17, 15) is 9.90 Å². The van der Waals surface area contributed by atoms with E-state index in [1.807, 2.05) is 51.1 Å². The first-order valence-electron chi connectivity index (χ1n) is 13.9. The van der Waals surface area contributed by atoms with Gasteiger partial charge in [-0.05, 0) is 63.4 Å². The standard InChI is InChI=1S/C29H35N9O3/c1-29(2,3)41-28(40)38-12-10-37(11-13-38)16-18-8-9-30-23(14-18)36-27-34-21-7-4-19(15-22(21)35-27)24-25(39)26(32-17-31-24)33-20-5-6-20/h4,7-9,14-15,17,20,39H,5-6,10-13,16H2,1-3H3,(H,31,32,33)(H2,30,34,35,36). The number of H-pyrrole nitrogens is 1. The second-order valence-corrected chi connectivity index (χ2v) is 11.6. The van der Waals surface area contributed by atoms with Gasteiger partial charge in [0.25, 0.3) is 0 Å². The van der Waals surface area contributed by atoms with Crippen molar-refractivity contribution < 1.29 is 14.6 Å². The average Bonchev–Trinajstić information content (AvgIpc) is 3.66. The van der Waals surface area contributed by atoms with Crippen LogP contribution in [-0.2, 0) is 11.3 Å². The molecule has 0 bridgehead atoms. The normalized spacial score (nSPS) is 16.1. The molecular weight excluding hydrogens is 522 g/mol. The van der Waals surface area contributed by atoms with Crippen LogP contribution in [0.15, 0.2) is 42.9 Å². The van der Waals surface area contributed by atoms with Crippen LogP contribution < -0.4 is 10.6 Å². The minimum atomic E-state index is -0.493. The number of aromatic amines is 1. The highest BCUT2D eigenvalue weighted by Gasteiger charge is 2.26. The van der Waals surface area contributed by atoms with Crippen molar-refractivity contribution in [1.82, 2.24) is 34.7 Å². The van der Waals surface area contributed by atoms with Gasteiger partial charge >= 0.3 is 6.09 Å². The molecule has 41 heavy (non-hydrogen) atoms. The van der Waals surface area contributed by atoms with Crippen molar-refractivity contribution >= 4 is 34.7 Å². The zero-order chi connectivity index (χ0) is 28.6. The number of nitrogens with zero attached hydrogens (tertiary/aromatic N) is 6. The molecule has 12 nitrogen and oxygen atoms in total. The van der Waals surface area contributed by atoms with Gasteiger partial charge in [0, 0.05) is 50.5 Å². The van der Waals surface area contributed by atoms with Gasteiger partial charge < -0.3 is 30.4 Å². The molecule has 3 aromatic heterocycles. The van der Waals surface area contributed by atoms with E-state index >= 15 is 0 Å². The first kappa shape index (κ1) is 26.8. The van der Waals surface area contributed by atoms with Crippen LogP contribution >= 0.6 is 0 Å². The summed E-state index contributed by atoms with van der Waals surface area (Å²) in [6.45, 7) is 9.22. The van der Waals surface area contributed by atoms with Crippen LogP contribution in [0, 0.1) is 0 Å². The van der Waals surface area contributed by atoms with Gasteiger partial charge in [-0.25, -0.2) is 24.7 Å². The number of carbonyl (C=O) groups excluding carboxylic acids is 1. The fourth-order valence-corrected chi connectivity index (χ4v) is 4.77. The maximum absolute atomic E-state index is 12.4. The van der Waals surface area contributed by atoms with Crippen molar-refractivity contribution in [3.05, 3.63) is 48.4 Å². The minimum absolute atomic E-state index is 0.0453. The number of hydrogen-bond donors (Lipinski definition) is 4. The van der Waals surface area contributed by atoms with E-state index in [4.69, 9.17) is 4.74 Å². The highest BCUT2D eigenvalue weighted by atomic mass is 16.6.